The Hall–Kier alpha value is -1.47. The SMILES string of the molecule is NNC(=O)c1coc(CN2CCSC2=O)c1. The van der Waals surface area contributed by atoms with E-state index >= 15 is 0 Å². The summed E-state index contributed by atoms with van der Waals surface area (Å²) in [5, 5.41) is 0.0428. The van der Waals surface area contributed by atoms with Crippen LogP contribution in [0.5, 0.6) is 0 Å². The molecule has 0 unspecified atom stereocenters. The van der Waals surface area contributed by atoms with E-state index in [1.807, 2.05) is 5.43 Å². The number of nitrogens with one attached hydrogen (secondary N) is 1. The van der Waals surface area contributed by atoms with Crippen LogP contribution in [0.1, 0.15) is 16.1 Å². The molecule has 0 saturated carbocycles. The van der Waals surface area contributed by atoms with E-state index in [2.05, 4.69) is 0 Å². The van der Waals surface area contributed by atoms with Crippen molar-refractivity contribution >= 4 is 22.9 Å². The maximum Gasteiger partial charge on any atom is 0.282 e. The fourth-order valence-corrected chi connectivity index (χ4v) is 2.25. The Morgan fingerprint density at radius 1 is 1.69 bits per heavy atom. The van der Waals surface area contributed by atoms with Gasteiger partial charge in [0.2, 0.25) is 0 Å². The Bertz CT molecular complexity index is 418. The summed E-state index contributed by atoms with van der Waals surface area (Å²) in [5.74, 6) is 5.96. The first-order chi connectivity index (χ1) is 7.70. The van der Waals surface area contributed by atoms with Gasteiger partial charge >= 0.3 is 0 Å². The predicted molar refractivity (Wildman–Crippen MR) is 58.6 cm³/mol. The van der Waals surface area contributed by atoms with Crippen LogP contribution in [0.2, 0.25) is 0 Å². The molecule has 16 heavy (non-hydrogen) atoms. The second kappa shape index (κ2) is 4.58. The lowest BCUT2D eigenvalue weighted by atomic mass is 10.3. The molecule has 3 N–H and O–H groups in total. The first-order valence-electron chi connectivity index (χ1n) is 4.71. The molecule has 7 heteroatoms. The molecule has 0 aromatic carbocycles. The molecule has 2 amide bonds. The number of nitrogen functional groups attached to an aromatic ring is 1. The molecule has 1 fully saturated rings. The Morgan fingerprint density at radius 2 is 2.50 bits per heavy atom. The highest BCUT2D eigenvalue weighted by Crippen LogP contribution is 2.20. The van der Waals surface area contributed by atoms with Crippen molar-refractivity contribution in [1.29, 1.82) is 0 Å². The molecule has 0 radical (unpaired) electrons. The third kappa shape index (κ3) is 2.20. The summed E-state index contributed by atoms with van der Waals surface area (Å²) in [7, 11) is 0. The molecular weight excluding hydrogens is 230 g/mol. The lowest BCUT2D eigenvalue weighted by molar-refractivity contribution is 0.0953. The van der Waals surface area contributed by atoms with Gasteiger partial charge in [0.25, 0.3) is 11.1 Å². The van der Waals surface area contributed by atoms with Crippen molar-refractivity contribution in [2.75, 3.05) is 12.3 Å². The second-order valence-electron chi connectivity index (χ2n) is 3.31. The fraction of sp³-hybridized carbons (Fsp3) is 0.333. The Balaban J connectivity index is 2.02. The first-order valence-corrected chi connectivity index (χ1v) is 5.69. The highest BCUT2D eigenvalue weighted by molar-refractivity contribution is 8.13. The van der Waals surface area contributed by atoms with Crippen LogP contribution in [-0.2, 0) is 6.54 Å². The Kier molecular flexibility index (Phi) is 3.16. The highest BCUT2D eigenvalue weighted by atomic mass is 32.2. The van der Waals surface area contributed by atoms with Gasteiger partial charge in [-0.1, -0.05) is 11.8 Å². The van der Waals surface area contributed by atoms with Gasteiger partial charge in [-0.2, -0.15) is 0 Å². The monoisotopic (exact) mass is 241 g/mol. The lowest BCUT2D eigenvalue weighted by Crippen LogP contribution is -2.29. The molecule has 0 aliphatic carbocycles. The van der Waals surface area contributed by atoms with Crippen LogP contribution in [0.25, 0.3) is 0 Å². The summed E-state index contributed by atoms with van der Waals surface area (Å²) in [6.45, 7) is 1.10. The number of carbonyl (C=O) groups is 2. The number of amides is 2. The maximum atomic E-state index is 11.3. The van der Waals surface area contributed by atoms with Gasteiger partial charge < -0.3 is 9.32 Å². The first kappa shape index (κ1) is 11.0. The number of nitrogens with two attached hydrogens (primary N) is 1. The van der Waals surface area contributed by atoms with Gasteiger partial charge in [0, 0.05) is 12.3 Å². The normalized spacial score (nSPS) is 15.6. The molecule has 1 saturated heterocycles. The molecular formula is C9H11N3O3S. The van der Waals surface area contributed by atoms with Crippen molar-refractivity contribution in [3.63, 3.8) is 0 Å². The molecule has 2 rings (SSSR count). The quantitative estimate of drug-likeness (QED) is 0.458. The summed E-state index contributed by atoms with van der Waals surface area (Å²) in [5.41, 5.74) is 2.37. The molecule has 0 bridgehead atoms. The molecule has 86 valence electrons. The number of hydrogen-bond acceptors (Lipinski definition) is 5. The van der Waals surface area contributed by atoms with Crippen LogP contribution >= 0.6 is 11.8 Å². The number of rotatable bonds is 3. The molecule has 0 atom stereocenters. The van der Waals surface area contributed by atoms with Crippen LogP contribution in [0, 0.1) is 0 Å². The lowest BCUT2D eigenvalue weighted by Gasteiger charge is -2.11. The minimum absolute atomic E-state index is 0.0428. The standard InChI is InChI=1S/C9H11N3O3S/c10-11-8(13)6-3-7(15-5-6)4-12-1-2-16-9(12)14/h3,5H,1-2,4,10H2,(H,11,13). The van der Waals surface area contributed by atoms with E-state index in [1.54, 1.807) is 11.0 Å². The number of thioether (sulfide) groups is 1. The van der Waals surface area contributed by atoms with Crippen LogP contribution in [0.3, 0.4) is 0 Å². The van der Waals surface area contributed by atoms with Crippen LogP contribution in [0.15, 0.2) is 16.7 Å². The van der Waals surface area contributed by atoms with Crippen molar-refractivity contribution in [3.8, 4) is 0 Å². The van der Waals surface area contributed by atoms with Crippen molar-refractivity contribution in [1.82, 2.24) is 10.3 Å². The van der Waals surface area contributed by atoms with Gasteiger partial charge in [0.15, 0.2) is 0 Å². The van der Waals surface area contributed by atoms with Gasteiger partial charge in [0.1, 0.15) is 12.0 Å². The van der Waals surface area contributed by atoms with E-state index in [0.717, 1.165) is 5.75 Å². The summed E-state index contributed by atoms with van der Waals surface area (Å²) in [4.78, 5) is 24.1. The van der Waals surface area contributed by atoms with E-state index in [4.69, 9.17) is 10.3 Å². The van der Waals surface area contributed by atoms with E-state index in [1.165, 1.54) is 18.0 Å². The largest absolute Gasteiger partial charge is 0.467 e. The van der Waals surface area contributed by atoms with Gasteiger partial charge in [0.05, 0.1) is 12.1 Å². The minimum atomic E-state index is -0.405. The van der Waals surface area contributed by atoms with Crippen molar-refractivity contribution in [2.24, 2.45) is 5.84 Å². The van der Waals surface area contributed by atoms with Crippen molar-refractivity contribution in [2.45, 2.75) is 6.54 Å². The average Bonchev–Trinajstić information content (AvgIpc) is 2.89. The zero-order valence-electron chi connectivity index (χ0n) is 8.43. The van der Waals surface area contributed by atoms with Crippen molar-refractivity contribution < 1.29 is 14.0 Å². The molecule has 1 aliphatic heterocycles. The second-order valence-corrected chi connectivity index (χ2v) is 4.36. The third-order valence-electron chi connectivity index (χ3n) is 2.24. The van der Waals surface area contributed by atoms with Crippen LogP contribution in [-0.4, -0.2) is 28.3 Å². The third-order valence-corrected chi connectivity index (χ3v) is 3.13. The minimum Gasteiger partial charge on any atom is -0.467 e. The molecule has 0 spiro atoms. The zero-order valence-corrected chi connectivity index (χ0v) is 9.25. The van der Waals surface area contributed by atoms with E-state index in [-0.39, 0.29) is 5.24 Å². The molecule has 6 nitrogen and oxygen atoms in total. The van der Waals surface area contributed by atoms with Crippen molar-refractivity contribution in [3.05, 3.63) is 23.7 Å². The summed E-state index contributed by atoms with van der Waals surface area (Å²) in [6.07, 6.45) is 1.32. The Morgan fingerprint density at radius 3 is 3.12 bits per heavy atom. The topological polar surface area (TPSA) is 88.6 Å². The predicted octanol–water partition coefficient (Wildman–Crippen LogP) is 0.552. The average molecular weight is 241 g/mol. The number of furan rings is 1. The van der Waals surface area contributed by atoms with Gasteiger partial charge in [-0.25, -0.2) is 5.84 Å². The number of nitrogens with zero attached hydrogens (tertiary/aromatic N) is 1. The molecule has 1 aromatic heterocycles. The smallest absolute Gasteiger partial charge is 0.282 e. The molecule has 2 heterocycles. The van der Waals surface area contributed by atoms with Crippen LogP contribution < -0.4 is 11.3 Å². The van der Waals surface area contributed by atoms with E-state index < -0.39 is 5.91 Å². The maximum absolute atomic E-state index is 11.3. The fourth-order valence-electron chi connectivity index (χ4n) is 1.42. The van der Waals surface area contributed by atoms with Gasteiger partial charge in [-0.3, -0.25) is 15.0 Å². The Labute approximate surface area is 96.1 Å². The van der Waals surface area contributed by atoms with E-state index in [0.29, 0.717) is 24.4 Å². The highest BCUT2D eigenvalue weighted by Gasteiger charge is 2.22. The van der Waals surface area contributed by atoms with Gasteiger partial charge in [-0.05, 0) is 6.07 Å². The summed E-state index contributed by atoms with van der Waals surface area (Å²) >= 11 is 1.29. The molecule has 1 aliphatic rings. The van der Waals surface area contributed by atoms with Crippen LogP contribution in [0.4, 0.5) is 4.79 Å². The van der Waals surface area contributed by atoms with E-state index in [9.17, 15) is 9.59 Å². The zero-order chi connectivity index (χ0) is 11.5. The number of carbonyl (C=O) groups excluding carboxylic acids is 2. The number of hydrogen-bond donors (Lipinski definition) is 2. The molecule has 1 aromatic rings. The number of hydrazine groups is 1. The van der Waals surface area contributed by atoms with Gasteiger partial charge in [-0.15, -0.1) is 0 Å². The summed E-state index contributed by atoms with van der Waals surface area (Å²) < 4.78 is 5.18. The summed E-state index contributed by atoms with van der Waals surface area (Å²) in [6, 6.07) is 1.58.